The van der Waals surface area contributed by atoms with E-state index in [0.29, 0.717) is 23.6 Å². The van der Waals surface area contributed by atoms with Crippen molar-refractivity contribution in [3.05, 3.63) is 29.3 Å². The smallest absolute Gasteiger partial charge is 0.382 e. The van der Waals surface area contributed by atoms with Gasteiger partial charge in [0.05, 0.1) is 5.56 Å². The molecule has 4 heteroatoms. The van der Waals surface area contributed by atoms with Crippen LogP contribution in [0.2, 0.25) is 0 Å². The van der Waals surface area contributed by atoms with Gasteiger partial charge < -0.3 is 5.32 Å². The third kappa shape index (κ3) is 2.88. The fourth-order valence-corrected chi connectivity index (χ4v) is 2.74. The molecule has 104 valence electrons. The molecule has 19 heavy (non-hydrogen) atoms. The minimum Gasteiger partial charge on any atom is -0.382 e. The van der Waals surface area contributed by atoms with Gasteiger partial charge in [0.1, 0.15) is 0 Å². The Balaban J connectivity index is 1.80. The number of hydrogen-bond donors (Lipinski definition) is 1. The van der Waals surface area contributed by atoms with Crippen LogP contribution in [0.4, 0.5) is 18.9 Å². The van der Waals surface area contributed by atoms with Gasteiger partial charge in [0, 0.05) is 11.7 Å². The van der Waals surface area contributed by atoms with Gasteiger partial charge in [-0.25, -0.2) is 0 Å². The molecule has 0 amide bonds. The molecule has 0 spiro atoms. The van der Waals surface area contributed by atoms with Crippen molar-refractivity contribution in [2.45, 2.75) is 44.8 Å². The standard InChI is InChI=1S/C15H18F3N/c1-9-2-7-12(8-13(9)15(16,17)18)19-14(10-3-4-10)11-5-6-11/h2,7-8,10-11,14,19H,3-6H2,1H3. The normalized spacial score (nSPS) is 19.8. The van der Waals surface area contributed by atoms with E-state index in [1.54, 1.807) is 12.1 Å². The summed E-state index contributed by atoms with van der Waals surface area (Å²) >= 11 is 0. The minimum absolute atomic E-state index is 0.285. The maximum atomic E-state index is 12.9. The molecule has 1 aromatic carbocycles. The molecule has 0 unspecified atom stereocenters. The Morgan fingerprint density at radius 3 is 2.16 bits per heavy atom. The van der Waals surface area contributed by atoms with Crippen LogP contribution in [-0.2, 0) is 6.18 Å². The van der Waals surface area contributed by atoms with Gasteiger partial charge in [-0.2, -0.15) is 13.2 Å². The number of nitrogens with one attached hydrogen (secondary N) is 1. The lowest BCUT2D eigenvalue weighted by molar-refractivity contribution is -0.138. The zero-order valence-corrected chi connectivity index (χ0v) is 10.9. The van der Waals surface area contributed by atoms with E-state index < -0.39 is 11.7 Å². The van der Waals surface area contributed by atoms with Crippen molar-refractivity contribution in [1.82, 2.24) is 0 Å². The predicted molar refractivity (Wildman–Crippen MR) is 69.0 cm³/mol. The Hall–Kier alpha value is -1.19. The lowest BCUT2D eigenvalue weighted by Crippen LogP contribution is -2.24. The lowest BCUT2D eigenvalue weighted by atomic mass is 10.0. The summed E-state index contributed by atoms with van der Waals surface area (Å²) in [7, 11) is 0. The molecule has 0 atom stereocenters. The molecule has 1 nitrogen and oxygen atoms in total. The fraction of sp³-hybridized carbons (Fsp3) is 0.600. The molecule has 1 N–H and O–H groups in total. The first-order valence-electron chi connectivity index (χ1n) is 6.89. The van der Waals surface area contributed by atoms with Crippen LogP contribution in [0.5, 0.6) is 0 Å². The highest BCUT2D eigenvalue weighted by Gasteiger charge is 2.41. The largest absolute Gasteiger partial charge is 0.416 e. The van der Waals surface area contributed by atoms with Crippen molar-refractivity contribution in [3.63, 3.8) is 0 Å². The zero-order valence-electron chi connectivity index (χ0n) is 10.9. The second-order valence-corrected chi connectivity index (χ2v) is 5.87. The topological polar surface area (TPSA) is 12.0 Å². The van der Waals surface area contributed by atoms with Gasteiger partial charge in [-0.1, -0.05) is 6.07 Å². The van der Waals surface area contributed by atoms with E-state index in [2.05, 4.69) is 5.32 Å². The first kappa shape index (κ1) is 12.8. The summed E-state index contributed by atoms with van der Waals surface area (Å²) in [4.78, 5) is 0. The van der Waals surface area contributed by atoms with Crippen LogP contribution in [0.15, 0.2) is 18.2 Å². The summed E-state index contributed by atoms with van der Waals surface area (Å²) in [5.74, 6) is 1.34. The van der Waals surface area contributed by atoms with Crippen LogP contribution in [0, 0.1) is 18.8 Å². The molecule has 0 bridgehead atoms. The number of rotatable bonds is 4. The zero-order chi connectivity index (χ0) is 13.6. The third-order valence-corrected chi connectivity index (χ3v) is 4.14. The molecule has 0 aliphatic heterocycles. The molecule has 2 aliphatic carbocycles. The molecule has 0 aromatic heterocycles. The van der Waals surface area contributed by atoms with Gasteiger partial charge >= 0.3 is 6.18 Å². The summed E-state index contributed by atoms with van der Waals surface area (Å²) in [6.45, 7) is 1.51. The average Bonchev–Trinajstić information content (AvgIpc) is 3.19. The Kier molecular flexibility index (Phi) is 2.99. The van der Waals surface area contributed by atoms with Crippen molar-refractivity contribution >= 4 is 5.69 Å². The maximum absolute atomic E-state index is 12.9. The minimum atomic E-state index is -4.27. The second kappa shape index (κ2) is 4.43. The molecule has 3 rings (SSSR count). The number of alkyl halides is 3. The molecule has 0 radical (unpaired) electrons. The van der Waals surface area contributed by atoms with E-state index >= 15 is 0 Å². The number of anilines is 1. The van der Waals surface area contributed by atoms with E-state index in [1.807, 2.05) is 0 Å². The van der Waals surface area contributed by atoms with Crippen LogP contribution >= 0.6 is 0 Å². The molecule has 2 saturated carbocycles. The summed E-state index contributed by atoms with van der Waals surface area (Å²) in [6.07, 6.45) is 0.590. The van der Waals surface area contributed by atoms with E-state index in [4.69, 9.17) is 0 Å². The van der Waals surface area contributed by atoms with Gasteiger partial charge in [-0.15, -0.1) is 0 Å². The summed E-state index contributed by atoms with van der Waals surface area (Å²) < 4.78 is 38.6. The van der Waals surface area contributed by atoms with Crippen molar-refractivity contribution in [2.24, 2.45) is 11.8 Å². The molecule has 2 fully saturated rings. The van der Waals surface area contributed by atoms with Gasteiger partial charge in [-0.3, -0.25) is 0 Å². The van der Waals surface area contributed by atoms with E-state index in [1.165, 1.54) is 38.7 Å². The van der Waals surface area contributed by atoms with Crippen LogP contribution < -0.4 is 5.32 Å². The summed E-state index contributed by atoms with van der Waals surface area (Å²) in [6, 6.07) is 4.96. The highest BCUT2D eigenvalue weighted by atomic mass is 19.4. The number of aryl methyl sites for hydroxylation is 1. The number of hydrogen-bond acceptors (Lipinski definition) is 1. The van der Waals surface area contributed by atoms with Crippen molar-refractivity contribution < 1.29 is 13.2 Å². The van der Waals surface area contributed by atoms with E-state index in [0.717, 1.165) is 0 Å². The quantitative estimate of drug-likeness (QED) is 0.841. The molecule has 1 aromatic rings. The molecule has 0 saturated heterocycles. The van der Waals surface area contributed by atoms with Crippen LogP contribution in [0.3, 0.4) is 0 Å². The molecular formula is C15H18F3N. The monoisotopic (exact) mass is 269 g/mol. The highest BCUT2D eigenvalue weighted by Crippen LogP contribution is 2.46. The average molecular weight is 269 g/mol. The van der Waals surface area contributed by atoms with Crippen molar-refractivity contribution in [2.75, 3.05) is 5.32 Å². The molecule has 2 aliphatic rings. The SMILES string of the molecule is Cc1ccc(NC(C2CC2)C2CC2)cc1C(F)(F)F. The highest BCUT2D eigenvalue weighted by molar-refractivity contribution is 5.50. The Morgan fingerprint density at radius 1 is 1.11 bits per heavy atom. The van der Waals surface area contributed by atoms with Crippen molar-refractivity contribution in [3.8, 4) is 0 Å². The second-order valence-electron chi connectivity index (χ2n) is 5.87. The fourth-order valence-electron chi connectivity index (χ4n) is 2.74. The first-order chi connectivity index (χ1) is 8.95. The Bertz CT molecular complexity index is 461. The van der Waals surface area contributed by atoms with Gasteiger partial charge in [0.15, 0.2) is 0 Å². The molecule has 0 heterocycles. The van der Waals surface area contributed by atoms with Crippen LogP contribution in [0.25, 0.3) is 0 Å². The first-order valence-corrected chi connectivity index (χ1v) is 6.89. The Labute approximate surface area is 111 Å². The molecular weight excluding hydrogens is 251 g/mol. The number of benzene rings is 1. The van der Waals surface area contributed by atoms with E-state index in [9.17, 15) is 13.2 Å². The summed E-state index contributed by atoms with van der Waals surface area (Å²) in [5, 5.41) is 3.34. The lowest BCUT2D eigenvalue weighted by Gasteiger charge is -2.20. The third-order valence-electron chi connectivity index (χ3n) is 4.14. The van der Waals surface area contributed by atoms with Crippen LogP contribution in [0.1, 0.15) is 36.8 Å². The number of halogens is 3. The van der Waals surface area contributed by atoms with Gasteiger partial charge in [0.2, 0.25) is 0 Å². The summed E-state index contributed by atoms with van der Waals surface area (Å²) in [5.41, 5.74) is 0.372. The van der Waals surface area contributed by atoms with Crippen LogP contribution in [-0.4, -0.2) is 6.04 Å². The van der Waals surface area contributed by atoms with Crippen molar-refractivity contribution in [1.29, 1.82) is 0 Å². The van der Waals surface area contributed by atoms with Gasteiger partial charge in [0.25, 0.3) is 0 Å². The maximum Gasteiger partial charge on any atom is 0.416 e. The predicted octanol–water partition coefficient (Wildman–Crippen LogP) is 4.61. The van der Waals surface area contributed by atoms with Gasteiger partial charge in [-0.05, 0) is 62.1 Å². The Morgan fingerprint density at radius 2 is 1.68 bits per heavy atom. The van der Waals surface area contributed by atoms with E-state index in [-0.39, 0.29) is 5.56 Å².